The Morgan fingerprint density at radius 3 is 2.28 bits per heavy atom. The lowest BCUT2D eigenvalue weighted by molar-refractivity contribution is -0.118. The first kappa shape index (κ1) is 24.2. The number of carbonyl (C=O) groups is 1. The number of pyridine rings is 1. The quantitative estimate of drug-likeness (QED) is 0.794. The minimum atomic E-state index is -0.658. The average Bonchev–Trinajstić information content (AvgIpc) is 3.27. The average molecular weight is 413 g/mol. The highest BCUT2D eigenvalue weighted by Crippen LogP contribution is 2.33. The largest absolute Gasteiger partial charge is 0.370 e. The molecule has 1 amide bonds. The summed E-state index contributed by atoms with van der Waals surface area (Å²) in [5, 5.41) is 2.80. The van der Waals surface area contributed by atoms with Crippen LogP contribution in [-0.4, -0.2) is 54.6 Å². The van der Waals surface area contributed by atoms with Gasteiger partial charge >= 0.3 is 0 Å². The number of piperidine rings is 1. The number of carbonyl (C=O) groups excluding carboxylic acids is 1. The third kappa shape index (κ3) is 5.86. The first-order valence-electron chi connectivity index (χ1n) is 7.96. The Morgan fingerprint density at radius 1 is 1.24 bits per heavy atom. The molecule has 0 atom stereocenters. The zero-order valence-electron chi connectivity index (χ0n) is 14.6. The fraction of sp³-hybridized carbons (Fsp3) is 0.625. The first-order chi connectivity index (χ1) is 10.5. The molecule has 1 aromatic rings. The van der Waals surface area contributed by atoms with Gasteiger partial charge in [0, 0.05) is 19.1 Å². The van der Waals surface area contributed by atoms with Crippen LogP contribution >= 0.6 is 37.2 Å². The first-order valence-corrected chi connectivity index (χ1v) is 7.96. The second kappa shape index (κ2) is 9.78. The Bertz CT molecular complexity index is 543. The molecular formula is C16H28Cl3N5O. The number of rotatable bonds is 4. The van der Waals surface area contributed by atoms with Gasteiger partial charge in [0.25, 0.3) is 0 Å². The standard InChI is InChI=1S/C16H25N5O.3ClH/c1-20(2)12-5-9-21(10-6-12)13-3-4-14(18-11-13)19-15(22)16(17)7-8-16;;;/h3-4,11-12H,5-10,17H2,1-2H3,(H,18,19,22);3*1H. The van der Waals surface area contributed by atoms with Crippen molar-refractivity contribution >= 4 is 54.6 Å². The van der Waals surface area contributed by atoms with Gasteiger partial charge in [-0.05, 0) is 51.9 Å². The number of amides is 1. The van der Waals surface area contributed by atoms with Gasteiger partial charge in [-0.15, -0.1) is 37.2 Å². The lowest BCUT2D eigenvalue weighted by Gasteiger charge is -2.36. The fourth-order valence-electron chi connectivity index (χ4n) is 2.89. The van der Waals surface area contributed by atoms with Crippen LogP contribution in [-0.2, 0) is 4.79 Å². The molecule has 1 aromatic heterocycles. The van der Waals surface area contributed by atoms with Crippen molar-refractivity contribution in [2.45, 2.75) is 37.3 Å². The number of halogens is 3. The number of hydrogen-bond acceptors (Lipinski definition) is 5. The van der Waals surface area contributed by atoms with Crippen molar-refractivity contribution in [3.8, 4) is 0 Å². The highest BCUT2D eigenvalue weighted by molar-refractivity contribution is 5.99. The van der Waals surface area contributed by atoms with E-state index in [9.17, 15) is 4.79 Å². The lowest BCUT2D eigenvalue weighted by Crippen LogP contribution is -2.42. The Kier molecular flexibility index (Phi) is 9.47. The van der Waals surface area contributed by atoms with Gasteiger partial charge < -0.3 is 20.9 Å². The molecule has 144 valence electrons. The van der Waals surface area contributed by atoms with E-state index in [2.05, 4.69) is 34.2 Å². The van der Waals surface area contributed by atoms with E-state index >= 15 is 0 Å². The van der Waals surface area contributed by atoms with E-state index in [0.717, 1.165) is 31.6 Å². The molecule has 0 spiro atoms. The topological polar surface area (TPSA) is 74.5 Å². The second-order valence-corrected chi connectivity index (χ2v) is 6.69. The Hall–Kier alpha value is -0.790. The van der Waals surface area contributed by atoms with E-state index in [1.54, 1.807) is 0 Å². The summed E-state index contributed by atoms with van der Waals surface area (Å²) in [5.41, 5.74) is 6.33. The van der Waals surface area contributed by atoms with Crippen molar-refractivity contribution in [3.63, 3.8) is 0 Å². The maximum Gasteiger partial charge on any atom is 0.245 e. The van der Waals surface area contributed by atoms with Gasteiger partial charge in [0.1, 0.15) is 5.82 Å². The summed E-state index contributed by atoms with van der Waals surface area (Å²) in [6, 6.07) is 4.55. The molecule has 2 fully saturated rings. The van der Waals surface area contributed by atoms with E-state index < -0.39 is 5.54 Å². The summed E-state index contributed by atoms with van der Waals surface area (Å²) in [5.74, 6) is 0.452. The Labute approximate surface area is 168 Å². The molecule has 1 saturated heterocycles. The number of nitrogens with one attached hydrogen (secondary N) is 1. The Balaban J connectivity index is 0.00000192. The SMILES string of the molecule is CN(C)C1CCN(c2ccc(NC(=O)C3(N)CC3)nc2)CC1.Cl.Cl.Cl. The van der Waals surface area contributed by atoms with E-state index in [0.29, 0.717) is 11.9 Å². The molecule has 0 aromatic carbocycles. The summed E-state index contributed by atoms with van der Waals surface area (Å²) >= 11 is 0. The molecule has 2 aliphatic rings. The van der Waals surface area contributed by atoms with Gasteiger partial charge in [-0.3, -0.25) is 4.79 Å². The van der Waals surface area contributed by atoms with Crippen LogP contribution in [0.3, 0.4) is 0 Å². The third-order valence-corrected chi connectivity index (χ3v) is 4.79. The lowest BCUT2D eigenvalue weighted by atomic mass is 10.0. The van der Waals surface area contributed by atoms with Crippen molar-refractivity contribution in [2.24, 2.45) is 5.73 Å². The van der Waals surface area contributed by atoms with E-state index in [1.807, 2.05) is 18.3 Å². The van der Waals surface area contributed by atoms with Crippen LogP contribution in [0, 0.1) is 0 Å². The van der Waals surface area contributed by atoms with E-state index in [-0.39, 0.29) is 43.1 Å². The molecule has 3 N–H and O–H groups in total. The van der Waals surface area contributed by atoms with Crippen LogP contribution in [0.15, 0.2) is 18.3 Å². The predicted octanol–water partition coefficient (Wildman–Crippen LogP) is 2.31. The molecule has 25 heavy (non-hydrogen) atoms. The zero-order chi connectivity index (χ0) is 15.7. The van der Waals surface area contributed by atoms with Crippen LogP contribution in [0.25, 0.3) is 0 Å². The molecule has 1 saturated carbocycles. The van der Waals surface area contributed by atoms with Gasteiger partial charge in [0.05, 0.1) is 17.4 Å². The molecular weight excluding hydrogens is 385 g/mol. The smallest absolute Gasteiger partial charge is 0.245 e. The highest BCUT2D eigenvalue weighted by atomic mass is 35.5. The third-order valence-electron chi connectivity index (χ3n) is 4.79. The minimum absolute atomic E-state index is 0. The van der Waals surface area contributed by atoms with Crippen molar-refractivity contribution in [2.75, 3.05) is 37.4 Å². The van der Waals surface area contributed by atoms with Gasteiger partial charge in [-0.1, -0.05) is 0 Å². The molecule has 0 unspecified atom stereocenters. The maximum absolute atomic E-state index is 11.9. The van der Waals surface area contributed by atoms with Gasteiger partial charge in [-0.2, -0.15) is 0 Å². The summed E-state index contributed by atoms with van der Waals surface area (Å²) in [4.78, 5) is 20.9. The molecule has 1 aliphatic heterocycles. The van der Waals surface area contributed by atoms with E-state index in [1.165, 1.54) is 12.8 Å². The van der Waals surface area contributed by atoms with Crippen LogP contribution < -0.4 is 16.0 Å². The van der Waals surface area contributed by atoms with Crippen molar-refractivity contribution in [1.29, 1.82) is 0 Å². The number of hydrogen-bond donors (Lipinski definition) is 2. The molecule has 0 radical (unpaired) electrons. The normalized spacial score (nSPS) is 18.5. The highest BCUT2D eigenvalue weighted by Gasteiger charge is 2.46. The molecule has 6 nitrogen and oxygen atoms in total. The summed E-state index contributed by atoms with van der Waals surface area (Å²) in [6.07, 6.45) is 5.69. The van der Waals surface area contributed by atoms with Gasteiger partial charge in [0.15, 0.2) is 0 Å². The maximum atomic E-state index is 11.9. The number of aromatic nitrogens is 1. The molecule has 3 rings (SSSR count). The minimum Gasteiger partial charge on any atom is -0.370 e. The van der Waals surface area contributed by atoms with Crippen LogP contribution in [0.1, 0.15) is 25.7 Å². The van der Waals surface area contributed by atoms with E-state index in [4.69, 9.17) is 5.73 Å². The van der Waals surface area contributed by atoms with Gasteiger partial charge in [-0.25, -0.2) is 4.98 Å². The number of nitrogens with zero attached hydrogens (tertiary/aromatic N) is 3. The molecule has 2 heterocycles. The van der Waals surface area contributed by atoms with Crippen molar-refractivity contribution in [1.82, 2.24) is 9.88 Å². The molecule has 1 aliphatic carbocycles. The monoisotopic (exact) mass is 411 g/mol. The Morgan fingerprint density at radius 2 is 1.84 bits per heavy atom. The predicted molar refractivity (Wildman–Crippen MR) is 110 cm³/mol. The summed E-state index contributed by atoms with van der Waals surface area (Å²) < 4.78 is 0. The van der Waals surface area contributed by atoms with Crippen LogP contribution in [0.2, 0.25) is 0 Å². The van der Waals surface area contributed by atoms with Gasteiger partial charge in [0.2, 0.25) is 5.91 Å². The summed E-state index contributed by atoms with van der Waals surface area (Å²) in [6.45, 7) is 2.09. The fourth-order valence-corrected chi connectivity index (χ4v) is 2.89. The second-order valence-electron chi connectivity index (χ2n) is 6.69. The number of anilines is 2. The van der Waals surface area contributed by atoms with Crippen LogP contribution in [0.5, 0.6) is 0 Å². The molecule has 9 heteroatoms. The van der Waals surface area contributed by atoms with Crippen molar-refractivity contribution < 1.29 is 4.79 Å². The zero-order valence-corrected chi connectivity index (χ0v) is 17.1. The van der Waals surface area contributed by atoms with Crippen LogP contribution in [0.4, 0.5) is 11.5 Å². The summed E-state index contributed by atoms with van der Waals surface area (Å²) in [7, 11) is 4.28. The molecule has 0 bridgehead atoms. The number of nitrogens with two attached hydrogens (primary N) is 1. The van der Waals surface area contributed by atoms with Crippen molar-refractivity contribution in [3.05, 3.63) is 18.3 Å².